The molecule has 1 aromatic rings. The van der Waals surface area contributed by atoms with Crippen molar-refractivity contribution in [3.63, 3.8) is 0 Å². The van der Waals surface area contributed by atoms with Crippen LogP contribution < -0.4 is 4.48 Å². The molecule has 2 aliphatic rings. The van der Waals surface area contributed by atoms with Crippen molar-refractivity contribution in [1.82, 2.24) is 9.38 Å². The SMILES string of the molecule is C/C(=C\C[C@@]12CCN(C)[C@@H]1[N+](C)(C)c1ccc(O)cc12)CO. The van der Waals surface area contributed by atoms with Gasteiger partial charge in [0.05, 0.1) is 26.1 Å². The third-order valence-electron chi connectivity index (χ3n) is 5.64. The number of likely N-dealkylation sites (N-methyl/N-ethyl adjacent to an activating group) is 2. The van der Waals surface area contributed by atoms with Gasteiger partial charge in [-0.2, -0.15) is 0 Å². The van der Waals surface area contributed by atoms with Gasteiger partial charge in [-0.15, -0.1) is 0 Å². The van der Waals surface area contributed by atoms with Crippen molar-refractivity contribution in [3.05, 3.63) is 35.4 Å². The van der Waals surface area contributed by atoms with Crippen molar-refractivity contribution >= 4 is 5.69 Å². The Morgan fingerprint density at radius 2 is 2.18 bits per heavy atom. The molecule has 1 saturated heterocycles. The van der Waals surface area contributed by atoms with Crippen molar-refractivity contribution in [2.45, 2.75) is 31.3 Å². The van der Waals surface area contributed by atoms with Gasteiger partial charge in [-0.25, -0.2) is 0 Å². The summed E-state index contributed by atoms with van der Waals surface area (Å²) in [6.07, 6.45) is 4.53. The minimum Gasteiger partial charge on any atom is -0.508 e. The van der Waals surface area contributed by atoms with E-state index in [1.165, 1.54) is 11.3 Å². The summed E-state index contributed by atoms with van der Waals surface area (Å²) in [4.78, 5) is 2.44. The predicted octanol–water partition coefficient (Wildman–Crippen LogP) is 2.20. The molecule has 1 fully saturated rings. The van der Waals surface area contributed by atoms with E-state index in [9.17, 15) is 10.2 Å². The number of aromatic hydroxyl groups is 1. The van der Waals surface area contributed by atoms with Gasteiger partial charge in [0.1, 0.15) is 11.4 Å². The van der Waals surface area contributed by atoms with Gasteiger partial charge in [-0.05, 0) is 38.9 Å². The summed E-state index contributed by atoms with van der Waals surface area (Å²) in [5.41, 5.74) is 3.60. The van der Waals surface area contributed by atoms with E-state index in [0.717, 1.165) is 29.4 Å². The molecular weight excluding hydrogens is 276 g/mol. The van der Waals surface area contributed by atoms with Crippen LogP contribution in [-0.4, -0.2) is 55.6 Å². The lowest BCUT2D eigenvalue weighted by atomic mass is 9.76. The highest BCUT2D eigenvalue weighted by atomic mass is 16.3. The normalized spacial score (nSPS) is 30.4. The molecule has 22 heavy (non-hydrogen) atoms. The Kier molecular flexibility index (Phi) is 3.59. The largest absolute Gasteiger partial charge is 0.508 e. The quantitative estimate of drug-likeness (QED) is 0.664. The standard InChI is InChI=1S/C18H26N2O2/c1-13(12-21)7-8-18-9-10-19(2)17(18)20(3,4)16-6-5-14(22)11-15(16)18/h5-7,11,17,21H,8-10,12H2,1-4H3/p+1/b13-7+/t17-,18+/m1/s1. The minimum atomic E-state index is 0.0166. The Bertz CT molecular complexity index is 624. The van der Waals surface area contributed by atoms with E-state index in [1.54, 1.807) is 6.07 Å². The van der Waals surface area contributed by atoms with Gasteiger partial charge in [-0.3, -0.25) is 9.38 Å². The zero-order valence-electron chi connectivity index (χ0n) is 14.0. The number of likely N-dealkylation sites (tertiary alicyclic amines) is 1. The van der Waals surface area contributed by atoms with E-state index in [-0.39, 0.29) is 12.0 Å². The van der Waals surface area contributed by atoms with Crippen LogP contribution in [0.15, 0.2) is 29.8 Å². The van der Waals surface area contributed by atoms with Gasteiger partial charge < -0.3 is 10.2 Å². The number of hydrogen-bond acceptors (Lipinski definition) is 3. The molecule has 0 radical (unpaired) electrons. The van der Waals surface area contributed by atoms with Crippen LogP contribution in [0, 0.1) is 0 Å². The summed E-state index contributed by atoms with van der Waals surface area (Å²) in [5.74, 6) is 0.344. The van der Waals surface area contributed by atoms with Gasteiger partial charge in [0, 0.05) is 18.2 Å². The number of quaternary nitrogens is 1. The van der Waals surface area contributed by atoms with Crippen LogP contribution in [0.1, 0.15) is 25.3 Å². The summed E-state index contributed by atoms with van der Waals surface area (Å²) in [7, 11) is 6.71. The molecule has 0 bridgehead atoms. The van der Waals surface area contributed by atoms with E-state index in [2.05, 4.69) is 38.2 Å². The summed E-state index contributed by atoms with van der Waals surface area (Å²) in [6, 6.07) is 5.82. The molecule has 2 heterocycles. The lowest BCUT2D eigenvalue weighted by molar-refractivity contribution is 0.119. The summed E-state index contributed by atoms with van der Waals surface area (Å²) in [5, 5.41) is 19.3. The molecule has 2 N–H and O–H groups in total. The van der Waals surface area contributed by atoms with Crippen LogP contribution in [0.25, 0.3) is 0 Å². The second-order valence-corrected chi connectivity index (χ2v) is 7.41. The zero-order valence-corrected chi connectivity index (χ0v) is 14.0. The number of rotatable bonds is 3. The average molecular weight is 303 g/mol. The predicted molar refractivity (Wildman–Crippen MR) is 89.9 cm³/mol. The van der Waals surface area contributed by atoms with Crippen molar-refractivity contribution in [2.75, 3.05) is 34.3 Å². The molecule has 3 rings (SSSR count). The lowest BCUT2D eigenvalue weighted by Gasteiger charge is -2.38. The number of allylic oxidation sites excluding steroid dienone is 1. The molecule has 120 valence electrons. The van der Waals surface area contributed by atoms with E-state index in [0.29, 0.717) is 11.9 Å². The number of phenolic OH excluding ortho intramolecular Hbond substituents is 1. The summed E-state index contributed by atoms with van der Waals surface area (Å²) >= 11 is 0. The number of phenols is 1. The summed E-state index contributed by atoms with van der Waals surface area (Å²) in [6.45, 7) is 3.15. The number of hydrogen-bond donors (Lipinski definition) is 2. The van der Waals surface area contributed by atoms with E-state index >= 15 is 0 Å². The summed E-state index contributed by atoms with van der Waals surface area (Å²) < 4.78 is 0.818. The monoisotopic (exact) mass is 303 g/mol. The highest BCUT2D eigenvalue weighted by molar-refractivity contribution is 5.63. The maximum atomic E-state index is 10.0. The number of fused-ring (bicyclic) bond motifs is 3. The van der Waals surface area contributed by atoms with Crippen molar-refractivity contribution < 1.29 is 10.2 Å². The fourth-order valence-electron chi connectivity index (χ4n) is 4.73. The smallest absolute Gasteiger partial charge is 0.159 e. The highest BCUT2D eigenvalue weighted by Gasteiger charge is 2.62. The van der Waals surface area contributed by atoms with Crippen LogP contribution in [-0.2, 0) is 5.41 Å². The molecular formula is C18H27N2O2+. The Morgan fingerprint density at radius 3 is 2.86 bits per heavy atom. The van der Waals surface area contributed by atoms with Gasteiger partial charge in [0.25, 0.3) is 0 Å². The van der Waals surface area contributed by atoms with E-state index < -0.39 is 0 Å². The Hall–Kier alpha value is -1.36. The number of nitrogens with zero attached hydrogens (tertiary/aromatic N) is 2. The number of aliphatic hydroxyl groups excluding tert-OH is 1. The Labute approximate surface area is 132 Å². The first-order valence-electron chi connectivity index (χ1n) is 7.97. The molecule has 0 aromatic heterocycles. The molecule has 0 unspecified atom stereocenters. The molecule has 0 aliphatic carbocycles. The lowest BCUT2D eigenvalue weighted by Crippen LogP contribution is -2.57. The van der Waals surface area contributed by atoms with Crippen LogP contribution in [0.3, 0.4) is 0 Å². The Balaban J connectivity index is 2.16. The van der Waals surface area contributed by atoms with Crippen molar-refractivity contribution in [1.29, 1.82) is 0 Å². The van der Waals surface area contributed by atoms with Crippen molar-refractivity contribution in [3.8, 4) is 5.75 Å². The first kappa shape index (κ1) is 15.5. The molecule has 4 nitrogen and oxygen atoms in total. The molecule has 0 spiro atoms. The van der Waals surface area contributed by atoms with Crippen LogP contribution >= 0.6 is 0 Å². The number of benzene rings is 1. The van der Waals surface area contributed by atoms with Gasteiger partial charge in [0.15, 0.2) is 6.17 Å². The molecule has 2 aliphatic heterocycles. The molecule has 0 amide bonds. The zero-order chi connectivity index (χ0) is 16.1. The van der Waals surface area contributed by atoms with E-state index in [1.807, 2.05) is 13.0 Å². The molecule has 4 heteroatoms. The fourth-order valence-corrected chi connectivity index (χ4v) is 4.73. The third kappa shape index (κ3) is 2.02. The second kappa shape index (κ2) is 5.08. The average Bonchev–Trinajstić information content (AvgIpc) is 2.91. The highest BCUT2D eigenvalue weighted by Crippen LogP contribution is 2.56. The van der Waals surface area contributed by atoms with Crippen LogP contribution in [0.4, 0.5) is 5.69 Å². The maximum absolute atomic E-state index is 10.0. The van der Waals surface area contributed by atoms with Crippen LogP contribution in [0.2, 0.25) is 0 Å². The van der Waals surface area contributed by atoms with Gasteiger partial charge >= 0.3 is 0 Å². The maximum Gasteiger partial charge on any atom is 0.159 e. The van der Waals surface area contributed by atoms with Crippen molar-refractivity contribution in [2.24, 2.45) is 0 Å². The molecule has 0 saturated carbocycles. The molecule has 2 atom stereocenters. The third-order valence-corrected chi connectivity index (χ3v) is 5.64. The fraction of sp³-hybridized carbons (Fsp3) is 0.556. The topological polar surface area (TPSA) is 43.7 Å². The first-order chi connectivity index (χ1) is 10.3. The minimum absolute atomic E-state index is 0.0166. The molecule has 1 aromatic carbocycles. The van der Waals surface area contributed by atoms with E-state index in [4.69, 9.17) is 0 Å². The van der Waals surface area contributed by atoms with Gasteiger partial charge in [-0.1, -0.05) is 11.6 Å². The second-order valence-electron chi connectivity index (χ2n) is 7.41. The number of aliphatic hydroxyl groups is 1. The first-order valence-corrected chi connectivity index (χ1v) is 7.97. The van der Waals surface area contributed by atoms with Gasteiger partial charge in [0.2, 0.25) is 0 Å². The van der Waals surface area contributed by atoms with Crippen LogP contribution in [0.5, 0.6) is 5.75 Å². The Morgan fingerprint density at radius 1 is 1.45 bits per heavy atom.